The maximum absolute atomic E-state index is 15.1. The van der Waals surface area contributed by atoms with Gasteiger partial charge in [0.2, 0.25) is 0 Å². The summed E-state index contributed by atoms with van der Waals surface area (Å²) in [6, 6.07) is 13.1. The summed E-state index contributed by atoms with van der Waals surface area (Å²) in [6.07, 6.45) is 5.37. The van der Waals surface area contributed by atoms with Crippen molar-refractivity contribution in [3.05, 3.63) is 75.5 Å². The summed E-state index contributed by atoms with van der Waals surface area (Å²) in [5.41, 5.74) is 14.4. The molecular weight excluding hydrogens is 557 g/mol. The molecule has 0 aliphatic carbocycles. The van der Waals surface area contributed by atoms with Crippen molar-refractivity contribution in [2.45, 2.75) is 45.6 Å². The number of nitrogens with two attached hydrogens (primary N) is 2. The first-order chi connectivity index (χ1) is 20.2. The van der Waals surface area contributed by atoms with Crippen LogP contribution < -0.4 is 22.1 Å². The highest BCUT2D eigenvalue weighted by atomic mass is 35.5. The van der Waals surface area contributed by atoms with Gasteiger partial charge in [-0.3, -0.25) is 9.56 Å². The fourth-order valence-electron chi connectivity index (χ4n) is 5.31. The molecule has 0 radical (unpaired) electrons. The Bertz CT molecular complexity index is 1630. The Hall–Kier alpha value is -3.89. The average molecular weight is 594 g/mol. The Morgan fingerprint density at radius 1 is 1.21 bits per heavy atom. The van der Waals surface area contributed by atoms with Crippen LogP contribution in [0, 0.1) is 11.7 Å². The lowest BCUT2D eigenvalue weighted by Gasteiger charge is -2.34. The van der Waals surface area contributed by atoms with Crippen LogP contribution in [-0.2, 0) is 11.2 Å². The third-order valence-electron chi connectivity index (χ3n) is 7.51. The molecule has 42 heavy (non-hydrogen) atoms. The first kappa shape index (κ1) is 29.6. The molecule has 0 spiro atoms. The summed E-state index contributed by atoms with van der Waals surface area (Å²) in [5, 5.41) is 0.768. The number of ether oxygens (including phenoxy) is 1. The topological polar surface area (TPSA) is 128 Å². The van der Waals surface area contributed by atoms with Crippen LogP contribution in [0.3, 0.4) is 0 Å². The van der Waals surface area contributed by atoms with Gasteiger partial charge < -0.3 is 26.1 Å². The zero-order valence-electron chi connectivity index (χ0n) is 23.9. The van der Waals surface area contributed by atoms with Crippen molar-refractivity contribution in [1.29, 1.82) is 0 Å². The zero-order chi connectivity index (χ0) is 29.8. The summed E-state index contributed by atoms with van der Waals surface area (Å²) in [7, 11) is 0. The van der Waals surface area contributed by atoms with Crippen LogP contribution in [0.4, 0.5) is 10.1 Å². The molecule has 1 aliphatic heterocycles. The van der Waals surface area contributed by atoms with Crippen molar-refractivity contribution in [3.63, 3.8) is 0 Å². The number of H-pyrrole nitrogens is 1. The van der Waals surface area contributed by atoms with Crippen molar-refractivity contribution in [2.75, 3.05) is 31.1 Å². The van der Waals surface area contributed by atoms with E-state index in [0.29, 0.717) is 47.0 Å². The van der Waals surface area contributed by atoms with Gasteiger partial charge in [-0.1, -0.05) is 31.9 Å². The highest BCUT2D eigenvalue weighted by Crippen LogP contribution is 2.31. The molecule has 0 saturated carbocycles. The Morgan fingerprint density at radius 2 is 1.98 bits per heavy atom. The summed E-state index contributed by atoms with van der Waals surface area (Å²) >= 11 is 6.27. The first-order valence-electron chi connectivity index (χ1n) is 14.3. The highest BCUT2D eigenvalue weighted by molar-refractivity contribution is 6.31. The predicted molar refractivity (Wildman–Crippen MR) is 167 cm³/mol. The number of hydrogen-bond donors (Lipinski definition) is 3. The molecule has 0 bridgehead atoms. The molecule has 1 atom stereocenters. The second-order valence-electron chi connectivity index (χ2n) is 11.2. The van der Waals surface area contributed by atoms with Crippen molar-refractivity contribution in [2.24, 2.45) is 22.4 Å². The van der Waals surface area contributed by atoms with Crippen molar-refractivity contribution < 1.29 is 9.13 Å². The molecule has 4 aromatic rings. The Morgan fingerprint density at radius 3 is 2.71 bits per heavy atom. The highest BCUT2D eigenvalue weighted by Gasteiger charge is 2.21. The predicted octanol–water partition coefficient (Wildman–Crippen LogP) is 5.02. The number of morpholine rings is 1. The van der Waals surface area contributed by atoms with E-state index in [2.05, 4.69) is 33.7 Å². The van der Waals surface area contributed by atoms with Gasteiger partial charge in [0.15, 0.2) is 11.8 Å². The van der Waals surface area contributed by atoms with Crippen LogP contribution in [-0.4, -0.2) is 52.8 Å². The van der Waals surface area contributed by atoms with Gasteiger partial charge >= 0.3 is 5.69 Å². The normalized spacial score (nSPS) is 15.5. The number of aromatic amines is 1. The van der Waals surface area contributed by atoms with Gasteiger partial charge in [0.05, 0.1) is 29.1 Å². The number of guanidine groups is 1. The van der Waals surface area contributed by atoms with E-state index in [9.17, 15) is 4.79 Å². The number of aromatic nitrogens is 3. The van der Waals surface area contributed by atoms with E-state index in [0.717, 1.165) is 50.0 Å². The number of benzene rings is 2. The standard InChI is InChI=1S/C31H37ClFN7O2/c1-19(2)4-3-5-20-14-25(28(33)26(32)15-20)27-16-21-17-40(31(41)38-29(21)37-27)23-8-6-22(7-9-23)39-12-13-42-24(18-39)10-11-36-30(34)35/h6-9,14-17,19,24H,3-5,10-13,18H2,1-2H3,(H4,34,35,36)(H,37,38,41)/t24-/m0/s1. The van der Waals surface area contributed by atoms with Crippen molar-refractivity contribution >= 4 is 34.3 Å². The maximum Gasteiger partial charge on any atom is 0.354 e. The molecule has 3 heterocycles. The molecule has 2 aromatic carbocycles. The molecule has 0 amide bonds. The van der Waals surface area contributed by atoms with E-state index in [4.69, 9.17) is 27.8 Å². The number of anilines is 1. The lowest BCUT2D eigenvalue weighted by molar-refractivity contribution is 0.0369. The number of aryl methyl sites for hydroxylation is 1. The molecule has 0 unspecified atom stereocenters. The molecule has 1 fully saturated rings. The third kappa shape index (κ3) is 6.94. The zero-order valence-corrected chi connectivity index (χ0v) is 24.7. The molecule has 2 aromatic heterocycles. The fraction of sp³-hybridized carbons (Fsp3) is 0.387. The molecule has 9 nitrogen and oxygen atoms in total. The van der Waals surface area contributed by atoms with Gasteiger partial charge in [-0.2, -0.15) is 4.98 Å². The van der Waals surface area contributed by atoms with E-state index in [-0.39, 0.29) is 17.1 Å². The summed E-state index contributed by atoms with van der Waals surface area (Å²) in [6.45, 7) is 6.98. The molecule has 5 rings (SSSR count). The van der Waals surface area contributed by atoms with Crippen LogP contribution in [0.2, 0.25) is 5.02 Å². The van der Waals surface area contributed by atoms with E-state index in [1.165, 1.54) is 4.57 Å². The number of aliphatic imine (C=N–C) groups is 1. The number of nitrogens with zero attached hydrogens (tertiary/aromatic N) is 4. The Balaban J connectivity index is 1.35. The quantitative estimate of drug-likeness (QED) is 0.175. The summed E-state index contributed by atoms with van der Waals surface area (Å²) in [4.78, 5) is 26.6. The third-order valence-corrected chi connectivity index (χ3v) is 7.79. The Labute approximate surface area is 249 Å². The van der Waals surface area contributed by atoms with Gasteiger partial charge in [-0.15, -0.1) is 0 Å². The molecule has 1 saturated heterocycles. The van der Waals surface area contributed by atoms with E-state index >= 15 is 4.39 Å². The van der Waals surface area contributed by atoms with Gasteiger partial charge in [0.1, 0.15) is 5.65 Å². The second kappa shape index (κ2) is 13.0. The number of fused-ring (bicyclic) bond motifs is 1. The number of hydrogen-bond acceptors (Lipinski definition) is 5. The second-order valence-corrected chi connectivity index (χ2v) is 11.6. The van der Waals surface area contributed by atoms with E-state index in [1.54, 1.807) is 18.3 Å². The van der Waals surface area contributed by atoms with Crippen molar-refractivity contribution in [1.82, 2.24) is 14.5 Å². The smallest absolute Gasteiger partial charge is 0.354 e. The average Bonchev–Trinajstić information content (AvgIpc) is 3.37. The van der Waals surface area contributed by atoms with E-state index in [1.807, 2.05) is 30.3 Å². The minimum Gasteiger partial charge on any atom is -0.374 e. The van der Waals surface area contributed by atoms with Crippen LogP contribution in [0.5, 0.6) is 0 Å². The number of rotatable bonds is 10. The molecular formula is C31H37ClFN7O2. The fourth-order valence-corrected chi connectivity index (χ4v) is 5.56. The molecule has 11 heteroatoms. The van der Waals surface area contributed by atoms with Crippen LogP contribution in [0.25, 0.3) is 28.0 Å². The lowest BCUT2D eigenvalue weighted by Crippen LogP contribution is -2.42. The largest absolute Gasteiger partial charge is 0.374 e. The summed E-state index contributed by atoms with van der Waals surface area (Å²) < 4.78 is 22.5. The SMILES string of the molecule is CC(C)CCCc1cc(Cl)c(F)c(-c2cc3cn(-c4ccc(N5CCO[C@@H](CCN=C(N)N)C5)cc4)c(=O)nc3[nH]2)c1. The van der Waals surface area contributed by atoms with Crippen LogP contribution in [0.1, 0.15) is 38.7 Å². The molecule has 1 aliphatic rings. The maximum atomic E-state index is 15.1. The van der Waals surface area contributed by atoms with Gasteiger partial charge in [-0.05, 0) is 73.2 Å². The Kier molecular flexibility index (Phi) is 9.13. The number of halogens is 2. The number of nitrogens with one attached hydrogen (secondary N) is 1. The van der Waals surface area contributed by atoms with Crippen molar-refractivity contribution in [3.8, 4) is 16.9 Å². The van der Waals surface area contributed by atoms with Gasteiger partial charge in [-0.25, -0.2) is 9.18 Å². The minimum atomic E-state index is -0.497. The van der Waals surface area contributed by atoms with Crippen LogP contribution >= 0.6 is 11.6 Å². The lowest BCUT2D eigenvalue weighted by atomic mass is 10.00. The molecule has 5 N–H and O–H groups in total. The van der Waals surface area contributed by atoms with E-state index < -0.39 is 11.5 Å². The van der Waals surface area contributed by atoms with Crippen LogP contribution in [0.15, 0.2) is 58.4 Å². The van der Waals surface area contributed by atoms with Gasteiger partial charge in [0, 0.05) is 42.5 Å². The summed E-state index contributed by atoms with van der Waals surface area (Å²) in [5.74, 6) is 0.183. The minimum absolute atomic E-state index is 0.0268. The monoisotopic (exact) mass is 593 g/mol. The first-order valence-corrected chi connectivity index (χ1v) is 14.7. The molecule has 222 valence electrons. The van der Waals surface area contributed by atoms with Gasteiger partial charge in [0.25, 0.3) is 0 Å².